The Bertz CT molecular complexity index is 3510. The molecular weight excluding hydrogens is 765 g/mol. The van der Waals surface area contributed by atoms with E-state index in [0.717, 1.165) is 45.0 Å². The van der Waals surface area contributed by atoms with Crippen molar-refractivity contribution < 1.29 is 0 Å². The van der Waals surface area contributed by atoms with Crippen molar-refractivity contribution in [1.82, 2.24) is 14.5 Å². The van der Waals surface area contributed by atoms with Gasteiger partial charge in [0.2, 0.25) is 0 Å². The van der Waals surface area contributed by atoms with Crippen LogP contribution >= 0.6 is 0 Å². The maximum Gasteiger partial charge on any atom is 0.159 e. The normalized spacial score (nSPS) is 12.9. The van der Waals surface area contributed by atoms with E-state index in [4.69, 9.17) is 9.97 Å². The largest absolute Gasteiger partial charge is 0.310 e. The number of fused-ring (bicyclic) bond motifs is 13. The van der Waals surface area contributed by atoms with Crippen LogP contribution in [0.15, 0.2) is 231 Å². The fourth-order valence-electron chi connectivity index (χ4n) is 10.8. The molecule has 2 heterocycles. The molecule has 2 aromatic heterocycles. The Hall–Kier alpha value is -8.34. The molecule has 11 aromatic rings. The maximum absolute atomic E-state index is 4.71. The lowest BCUT2D eigenvalue weighted by atomic mass is 9.70. The van der Waals surface area contributed by atoms with Crippen LogP contribution in [0.1, 0.15) is 22.3 Å². The summed E-state index contributed by atoms with van der Waals surface area (Å²) in [5, 5.41) is 2.44. The first-order chi connectivity index (χ1) is 31.3. The lowest BCUT2D eigenvalue weighted by molar-refractivity contribution is 0.793. The molecule has 0 aliphatic heterocycles. The van der Waals surface area contributed by atoms with E-state index in [0.29, 0.717) is 5.82 Å². The number of para-hydroxylation sites is 3. The van der Waals surface area contributed by atoms with E-state index < -0.39 is 5.41 Å². The Morgan fingerprint density at radius 1 is 0.365 bits per heavy atom. The second-order valence-electron chi connectivity index (χ2n) is 16.5. The molecule has 294 valence electrons. The van der Waals surface area contributed by atoms with Crippen LogP contribution in [-0.4, -0.2) is 14.5 Å². The van der Waals surface area contributed by atoms with Crippen LogP contribution in [0, 0.1) is 0 Å². The van der Waals surface area contributed by atoms with Gasteiger partial charge in [-0.15, -0.1) is 0 Å². The molecular formula is C59H38N4. The average Bonchev–Trinajstić information content (AvgIpc) is 3.96. The summed E-state index contributed by atoms with van der Waals surface area (Å²) < 4.78 is 2.39. The predicted molar refractivity (Wildman–Crippen MR) is 258 cm³/mol. The van der Waals surface area contributed by atoms with Crippen molar-refractivity contribution in [3.05, 3.63) is 253 Å². The Kier molecular flexibility index (Phi) is 7.79. The molecule has 4 heteroatoms. The van der Waals surface area contributed by atoms with E-state index in [1.807, 2.05) is 18.5 Å². The monoisotopic (exact) mass is 802 g/mol. The van der Waals surface area contributed by atoms with Crippen LogP contribution in [0.3, 0.4) is 0 Å². The minimum atomic E-state index is -0.468. The maximum atomic E-state index is 4.71. The number of benzene rings is 9. The first kappa shape index (κ1) is 35.4. The van der Waals surface area contributed by atoms with Crippen molar-refractivity contribution in [3.63, 3.8) is 0 Å². The van der Waals surface area contributed by atoms with Crippen LogP contribution in [0.25, 0.3) is 72.3 Å². The highest BCUT2D eigenvalue weighted by Gasteiger charge is 2.51. The highest BCUT2D eigenvalue weighted by molar-refractivity contribution is 6.11. The van der Waals surface area contributed by atoms with Gasteiger partial charge in [0, 0.05) is 51.4 Å². The number of rotatable bonds is 6. The SMILES string of the molecule is c1ccc(N(c2ccc3c(c2)C2(c4ccccc4-c4ccccc42)c2ccccc2-3)c2ccc(-c3ncccn3)cc2-c2ccc3c4ccccc4n(-c4ccccc4)c3c2)cc1. The Morgan fingerprint density at radius 2 is 0.937 bits per heavy atom. The molecule has 13 rings (SSSR count). The van der Waals surface area contributed by atoms with Gasteiger partial charge in [0.15, 0.2) is 5.82 Å². The zero-order valence-electron chi connectivity index (χ0n) is 34.2. The van der Waals surface area contributed by atoms with E-state index in [2.05, 4.69) is 222 Å². The summed E-state index contributed by atoms with van der Waals surface area (Å²) >= 11 is 0. The predicted octanol–water partition coefficient (Wildman–Crippen LogP) is 14.7. The molecule has 9 aromatic carbocycles. The molecule has 0 bridgehead atoms. The third kappa shape index (κ3) is 5.16. The Balaban J connectivity index is 1.08. The van der Waals surface area contributed by atoms with Gasteiger partial charge in [-0.05, 0) is 123 Å². The van der Waals surface area contributed by atoms with Crippen LogP contribution in [0.5, 0.6) is 0 Å². The molecule has 63 heavy (non-hydrogen) atoms. The quantitative estimate of drug-likeness (QED) is 0.168. The minimum absolute atomic E-state index is 0.468. The molecule has 2 aliphatic rings. The molecule has 0 saturated heterocycles. The topological polar surface area (TPSA) is 34.0 Å². The summed E-state index contributed by atoms with van der Waals surface area (Å²) in [4.78, 5) is 11.9. The van der Waals surface area contributed by atoms with E-state index in [-0.39, 0.29) is 0 Å². The molecule has 0 fully saturated rings. The average molecular weight is 803 g/mol. The summed E-state index contributed by atoms with van der Waals surface area (Å²) in [6.07, 6.45) is 3.63. The lowest BCUT2D eigenvalue weighted by Gasteiger charge is -2.32. The van der Waals surface area contributed by atoms with Gasteiger partial charge in [-0.2, -0.15) is 0 Å². The second-order valence-corrected chi connectivity index (χ2v) is 16.5. The Labute approximate surface area is 365 Å². The number of nitrogens with zero attached hydrogens (tertiary/aromatic N) is 4. The molecule has 2 aliphatic carbocycles. The number of aromatic nitrogens is 3. The summed E-state index contributed by atoms with van der Waals surface area (Å²) in [5.41, 5.74) is 19.7. The molecule has 0 atom stereocenters. The molecule has 1 spiro atoms. The molecule has 0 radical (unpaired) electrons. The van der Waals surface area contributed by atoms with Gasteiger partial charge in [0.1, 0.15) is 0 Å². The number of anilines is 3. The fourth-order valence-corrected chi connectivity index (χ4v) is 10.8. The smallest absolute Gasteiger partial charge is 0.159 e. The zero-order valence-corrected chi connectivity index (χ0v) is 34.2. The molecule has 0 N–H and O–H groups in total. The van der Waals surface area contributed by atoms with Gasteiger partial charge in [0.25, 0.3) is 0 Å². The number of hydrogen-bond donors (Lipinski definition) is 0. The van der Waals surface area contributed by atoms with E-state index in [1.54, 1.807) is 0 Å². The fraction of sp³-hybridized carbons (Fsp3) is 0.0169. The highest BCUT2D eigenvalue weighted by Crippen LogP contribution is 2.63. The van der Waals surface area contributed by atoms with Crippen molar-refractivity contribution in [2.45, 2.75) is 5.41 Å². The van der Waals surface area contributed by atoms with Crippen molar-refractivity contribution in [1.29, 1.82) is 0 Å². The van der Waals surface area contributed by atoms with Crippen molar-refractivity contribution in [2.75, 3.05) is 4.90 Å². The van der Waals surface area contributed by atoms with Gasteiger partial charge >= 0.3 is 0 Å². The van der Waals surface area contributed by atoms with Crippen LogP contribution in [0.2, 0.25) is 0 Å². The van der Waals surface area contributed by atoms with Crippen LogP contribution in [0.4, 0.5) is 17.1 Å². The van der Waals surface area contributed by atoms with Crippen molar-refractivity contribution >= 4 is 38.9 Å². The minimum Gasteiger partial charge on any atom is -0.310 e. The van der Waals surface area contributed by atoms with Gasteiger partial charge in [0.05, 0.1) is 22.1 Å². The molecule has 0 saturated carbocycles. The lowest BCUT2D eigenvalue weighted by Crippen LogP contribution is -2.26. The second kappa shape index (κ2) is 13.8. The van der Waals surface area contributed by atoms with Crippen molar-refractivity contribution in [2.24, 2.45) is 0 Å². The van der Waals surface area contributed by atoms with E-state index in [1.165, 1.54) is 60.8 Å². The number of hydrogen-bond acceptors (Lipinski definition) is 3. The molecule has 0 amide bonds. The summed E-state index contributed by atoms with van der Waals surface area (Å²) in [6, 6.07) is 79.8. The Morgan fingerprint density at radius 3 is 1.63 bits per heavy atom. The van der Waals surface area contributed by atoms with Gasteiger partial charge in [-0.1, -0.05) is 146 Å². The summed E-state index contributed by atoms with van der Waals surface area (Å²) in [5.74, 6) is 0.687. The summed E-state index contributed by atoms with van der Waals surface area (Å²) in [7, 11) is 0. The van der Waals surface area contributed by atoms with Crippen LogP contribution in [-0.2, 0) is 5.41 Å². The van der Waals surface area contributed by atoms with E-state index >= 15 is 0 Å². The first-order valence-corrected chi connectivity index (χ1v) is 21.6. The van der Waals surface area contributed by atoms with Crippen molar-refractivity contribution in [3.8, 4) is 50.5 Å². The zero-order chi connectivity index (χ0) is 41.5. The molecule has 0 unspecified atom stereocenters. The summed E-state index contributed by atoms with van der Waals surface area (Å²) in [6.45, 7) is 0. The highest BCUT2D eigenvalue weighted by atomic mass is 15.1. The third-order valence-corrected chi connectivity index (χ3v) is 13.3. The van der Waals surface area contributed by atoms with Gasteiger partial charge in [-0.25, -0.2) is 9.97 Å². The first-order valence-electron chi connectivity index (χ1n) is 21.6. The standard InChI is InChI=1S/C59H38N4/c1-3-16-41(17-4-1)62(43-30-32-47-46-22-9-13-26-53(46)59(54(47)38-43)51-24-11-7-20-44(51)45-21-8-12-25-52(45)59)56-33-29-40(58-60-34-15-35-61-58)36-50(56)39-28-31-49-48-23-10-14-27-55(48)63(57(49)37-39)42-18-5-2-6-19-42/h1-38H. The molecule has 4 nitrogen and oxygen atoms in total. The van der Waals surface area contributed by atoms with E-state index in [9.17, 15) is 0 Å². The van der Waals surface area contributed by atoms with Crippen LogP contribution < -0.4 is 4.90 Å². The van der Waals surface area contributed by atoms with Gasteiger partial charge < -0.3 is 9.47 Å². The third-order valence-electron chi connectivity index (χ3n) is 13.3. The van der Waals surface area contributed by atoms with Gasteiger partial charge in [-0.3, -0.25) is 0 Å².